The molecule has 0 unspecified atom stereocenters. The lowest BCUT2D eigenvalue weighted by molar-refractivity contribution is 0.413. The van der Waals surface area contributed by atoms with Crippen molar-refractivity contribution < 1.29 is 4.74 Å². The van der Waals surface area contributed by atoms with Gasteiger partial charge in [0.1, 0.15) is 5.75 Å². The van der Waals surface area contributed by atoms with E-state index in [1.807, 2.05) is 49.4 Å². The van der Waals surface area contributed by atoms with Crippen molar-refractivity contribution in [2.75, 3.05) is 13.0 Å². The Hall–Kier alpha value is -1.87. The molecule has 0 bridgehead atoms. The van der Waals surface area contributed by atoms with E-state index in [1.54, 1.807) is 7.11 Å². The first kappa shape index (κ1) is 13.1. The van der Waals surface area contributed by atoms with E-state index in [0.29, 0.717) is 5.88 Å². The molecule has 3 rings (SSSR count). The second kappa shape index (κ2) is 4.91. The standard InChI is InChI=1S/C16H15ClN2O/c1-11-9-12(20-2)7-8-13(11)16(10-17)18-14-5-3-4-6-15(14)19-16/h3-9H,10H2,1-2H3. The smallest absolute Gasteiger partial charge is 0.190 e. The molecule has 20 heavy (non-hydrogen) atoms. The molecule has 0 N–H and O–H groups in total. The lowest BCUT2D eigenvalue weighted by Gasteiger charge is -2.23. The maximum atomic E-state index is 6.22. The van der Waals surface area contributed by atoms with E-state index in [9.17, 15) is 0 Å². The number of halogens is 1. The highest BCUT2D eigenvalue weighted by molar-refractivity contribution is 6.18. The summed E-state index contributed by atoms with van der Waals surface area (Å²) in [5, 5.41) is 1.78. The minimum Gasteiger partial charge on any atom is -0.497 e. The van der Waals surface area contributed by atoms with Crippen LogP contribution in [0.5, 0.6) is 5.75 Å². The van der Waals surface area contributed by atoms with Gasteiger partial charge in [-0.05, 0) is 36.8 Å². The van der Waals surface area contributed by atoms with Crippen molar-refractivity contribution in [1.29, 1.82) is 0 Å². The van der Waals surface area contributed by atoms with E-state index in [0.717, 1.165) is 27.6 Å². The number of alkyl halides is 1. The zero-order valence-corrected chi connectivity index (χ0v) is 12.2. The molecule has 2 aromatic carbocycles. The number of nitrogens with zero attached hydrogens (tertiary/aromatic N) is 2. The fourth-order valence-electron chi connectivity index (χ4n) is 2.54. The molecule has 4 heteroatoms. The molecule has 0 fully saturated rings. The molecule has 1 heterocycles. The van der Waals surface area contributed by atoms with Crippen LogP contribution in [-0.2, 0) is 5.66 Å². The van der Waals surface area contributed by atoms with Gasteiger partial charge in [0.2, 0.25) is 0 Å². The fraction of sp³-hybridized carbons (Fsp3) is 0.250. The molecule has 0 radical (unpaired) electrons. The lowest BCUT2D eigenvalue weighted by Crippen LogP contribution is -2.23. The Morgan fingerprint density at radius 2 is 1.75 bits per heavy atom. The second-order valence-corrected chi connectivity index (χ2v) is 5.11. The van der Waals surface area contributed by atoms with Crippen molar-refractivity contribution >= 4 is 11.6 Å². The second-order valence-electron chi connectivity index (χ2n) is 4.84. The number of benzene rings is 2. The molecule has 0 spiro atoms. The summed E-state index contributed by atoms with van der Waals surface area (Å²) in [6.45, 7) is 2.03. The average Bonchev–Trinajstić information content (AvgIpc) is 2.86. The Morgan fingerprint density at radius 3 is 2.25 bits per heavy atom. The van der Waals surface area contributed by atoms with Gasteiger partial charge >= 0.3 is 0 Å². The minimum absolute atomic E-state index is 0.314. The van der Waals surface area contributed by atoms with Gasteiger partial charge in [-0.15, -0.1) is 11.6 Å². The van der Waals surface area contributed by atoms with Crippen LogP contribution >= 0.6 is 11.6 Å². The third-order valence-electron chi connectivity index (χ3n) is 3.54. The number of para-hydroxylation sites is 2. The highest BCUT2D eigenvalue weighted by atomic mass is 35.5. The van der Waals surface area contributed by atoms with Gasteiger partial charge in [0.25, 0.3) is 0 Å². The molecule has 0 atom stereocenters. The Labute approximate surface area is 122 Å². The Balaban J connectivity index is 2.19. The molecule has 0 amide bonds. The number of methoxy groups -OCH3 is 1. The average molecular weight is 287 g/mol. The van der Waals surface area contributed by atoms with E-state index < -0.39 is 5.66 Å². The molecule has 3 nitrogen and oxygen atoms in total. The molecule has 0 saturated carbocycles. The van der Waals surface area contributed by atoms with Crippen LogP contribution in [0, 0.1) is 6.92 Å². The van der Waals surface area contributed by atoms with E-state index in [2.05, 4.69) is 0 Å². The van der Waals surface area contributed by atoms with Crippen LogP contribution in [-0.4, -0.2) is 13.0 Å². The summed E-state index contributed by atoms with van der Waals surface area (Å²) < 4.78 is 5.25. The summed E-state index contributed by atoms with van der Waals surface area (Å²) >= 11 is 6.22. The summed E-state index contributed by atoms with van der Waals surface area (Å²) in [5.41, 5.74) is 1.37. The number of rotatable bonds is 3. The van der Waals surface area contributed by atoms with Crippen LogP contribution < -0.4 is 15.5 Å². The normalized spacial score (nSPS) is 15.2. The summed E-state index contributed by atoms with van der Waals surface area (Å²) in [6, 6.07) is 13.8. The van der Waals surface area contributed by atoms with Crippen molar-refractivity contribution in [3.63, 3.8) is 0 Å². The number of aryl methyl sites for hydroxylation is 1. The highest BCUT2D eigenvalue weighted by Gasteiger charge is 2.34. The predicted octanol–water partition coefficient (Wildman–Crippen LogP) is 2.35. The first-order valence-electron chi connectivity index (χ1n) is 6.44. The van der Waals surface area contributed by atoms with E-state index in [-0.39, 0.29) is 0 Å². The predicted molar refractivity (Wildman–Crippen MR) is 78.9 cm³/mol. The number of hydrogen-bond acceptors (Lipinski definition) is 3. The third-order valence-corrected chi connectivity index (χ3v) is 3.92. The van der Waals surface area contributed by atoms with Crippen molar-refractivity contribution in [2.24, 2.45) is 9.98 Å². The van der Waals surface area contributed by atoms with E-state index >= 15 is 0 Å². The molecule has 0 saturated heterocycles. The summed E-state index contributed by atoms with van der Waals surface area (Å²) in [7, 11) is 1.66. The maximum Gasteiger partial charge on any atom is 0.190 e. The van der Waals surface area contributed by atoms with Crippen LogP contribution in [0.2, 0.25) is 0 Å². The van der Waals surface area contributed by atoms with Crippen molar-refractivity contribution in [1.82, 2.24) is 0 Å². The zero-order chi connectivity index (χ0) is 14.2. The molecular formula is C16H15ClN2O. The van der Waals surface area contributed by atoms with Crippen LogP contribution in [0.25, 0.3) is 0 Å². The van der Waals surface area contributed by atoms with Crippen LogP contribution in [0.3, 0.4) is 0 Å². The SMILES string of the molecule is COc1ccc(C2(CCl)N=c3ccccc3=N2)c(C)c1. The first-order chi connectivity index (χ1) is 9.68. The van der Waals surface area contributed by atoms with Gasteiger partial charge < -0.3 is 4.74 Å². The van der Waals surface area contributed by atoms with Crippen molar-refractivity contribution in [2.45, 2.75) is 12.6 Å². The molecule has 1 aliphatic rings. The molecule has 0 aliphatic carbocycles. The lowest BCUT2D eigenvalue weighted by atomic mass is 9.97. The first-order valence-corrected chi connectivity index (χ1v) is 6.98. The topological polar surface area (TPSA) is 34.0 Å². The van der Waals surface area contributed by atoms with Gasteiger partial charge in [0.05, 0.1) is 23.7 Å². The molecule has 1 aliphatic heterocycles. The molecular weight excluding hydrogens is 272 g/mol. The van der Waals surface area contributed by atoms with Crippen molar-refractivity contribution in [3.8, 4) is 5.75 Å². The Morgan fingerprint density at radius 1 is 1.10 bits per heavy atom. The van der Waals surface area contributed by atoms with Crippen molar-refractivity contribution in [3.05, 3.63) is 64.3 Å². The summed E-state index contributed by atoms with van der Waals surface area (Å²) in [5.74, 6) is 1.14. The van der Waals surface area contributed by atoms with Crippen LogP contribution in [0.15, 0.2) is 52.4 Å². The largest absolute Gasteiger partial charge is 0.497 e. The minimum atomic E-state index is -0.721. The molecule has 0 aromatic heterocycles. The molecule has 2 aromatic rings. The number of ether oxygens (including phenoxy) is 1. The van der Waals surface area contributed by atoms with E-state index in [1.165, 1.54) is 0 Å². The van der Waals surface area contributed by atoms with Gasteiger partial charge in [0, 0.05) is 5.56 Å². The molecule has 102 valence electrons. The van der Waals surface area contributed by atoms with Gasteiger partial charge in [-0.25, -0.2) is 9.98 Å². The van der Waals surface area contributed by atoms with Gasteiger partial charge in [-0.3, -0.25) is 0 Å². The zero-order valence-electron chi connectivity index (χ0n) is 11.4. The maximum absolute atomic E-state index is 6.22. The summed E-state index contributed by atoms with van der Waals surface area (Å²) in [4.78, 5) is 9.50. The monoisotopic (exact) mass is 286 g/mol. The van der Waals surface area contributed by atoms with E-state index in [4.69, 9.17) is 26.3 Å². The van der Waals surface area contributed by atoms with Gasteiger partial charge in [0.15, 0.2) is 5.66 Å². The fourth-order valence-corrected chi connectivity index (χ4v) is 2.80. The van der Waals surface area contributed by atoms with Crippen LogP contribution in [0.1, 0.15) is 11.1 Å². The third kappa shape index (κ3) is 1.98. The van der Waals surface area contributed by atoms with Gasteiger partial charge in [-0.2, -0.15) is 0 Å². The quantitative estimate of drug-likeness (QED) is 0.798. The Kier molecular flexibility index (Phi) is 3.22. The number of fused-ring (bicyclic) bond motifs is 1. The highest BCUT2D eigenvalue weighted by Crippen LogP contribution is 2.33. The Bertz CT molecular complexity index is 735. The summed E-state index contributed by atoms with van der Waals surface area (Å²) in [6.07, 6.45) is 0. The van der Waals surface area contributed by atoms with Gasteiger partial charge in [-0.1, -0.05) is 18.2 Å². The van der Waals surface area contributed by atoms with Crippen LogP contribution in [0.4, 0.5) is 0 Å². The number of hydrogen-bond donors (Lipinski definition) is 0.